The summed E-state index contributed by atoms with van der Waals surface area (Å²) in [7, 11) is 1.59. The van der Waals surface area contributed by atoms with Gasteiger partial charge in [0.25, 0.3) is 11.7 Å². The first-order valence-electron chi connectivity index (χ1n) is 9.58. The van der Waals surface area contributed by atoms with E-state index in [4.69, 9.17) is 4.74 Å². The zero-order valence-electron chi connectivity index (χ0n) is 15.9. The van der Waals surface area contributed by atoms with Gasteiger partial charge in [0.15, 0.2) is 0 Å². The van der Waals surface area contributed by atoms with Crippen molar-refractivity contribution in [1.29, 1.82) is 0 Å². The molecule has 144 valence electrons. The van der Waals surface area contributed by atoms with E-state index in [9.17, 15) is 9.59 Å². The molecule has 6 nitrogen and oxygen atoms in total. The van der Waals surface area contributed by atoms with Crippen molar-refractivity contribution in [2.24, 2.45) is 5.92 Å². The smallest absolute Gasteiger partial charge is 0.296 e. The van der Waals surface area contributed by atoms with Gasteiger partial charge < -0.3 is 14.6 Å². The van der Waals surface area contributed by atoms with Gasteiger partial charge in [0.05, 0.1) is 12.7 Å². The molecule has 0 radical (unpaired) electrons. The molecule has 3 aromatic rings. The summed E-state index contributed by atoms with van der Waals surface area (Å²) in [5, 5.41) is 3.39. The van der Waals surface area contributed by atoms with Crippen molar-refractivity contribution in [2.45, 2.75) is 32.2 Å². The zero-order valence-corrected chi connectivity index (χ0v) is 15.9. The number of amides is 1. The number of nitrogens with one attached hydrogen (secondary N) is 1. The number of anilines is 1. The van der Waals surface area contributed by atoms with E-state index in [1.54, 1.807) is 31.6 Å². The average molecular weight is 377 g/mol. The lowest BCUT2D eigenvalue weighted by atomic mass is 10.1. The normalized spacial score (nSPS) is 14.3. The number of fused-ring (bicyclic) bond motifs is 1. The third-order valence-corrected chi connectivity index (χ3v) is 5.41. The van der Waals surface area contributed by atoms with Crippen LogP contribution in [0.15, 0.2) is 48.9 Å². The van der Waals surface area contributed by atoms with Crippen LogP contribution in [-0.2, 0) is 11.3 Å². The second-order valence-corrected chi connectivity index (χ2v) is 7.25. The number of Topliss-reactive ketones (excluding diaryl/α,β-unsaturated/α-hetero) is 1. The van der Waals surface area contributed by atoms with Gasteiger partial charge in [-0.05, 0) is 49.1 Å². The van der Waals surface area contributed by atoms with Gasteiger partial charge in [0.1, 0.15) is 5.75 Å². The predicted octanol–water partition coefficient (Wildman–Crippen LogP) is 4.06. The monoisotopic (exact) mass is 377 g/mol. The van der Waals surface area contributed by atoms with Crippen molar-refractivity contribution < 1.29 is 14.3 Å². The van der Waals surface area contributed by atoms with Crippen LogP contribution in [0.1, 0.15) is 36.0 Å². The largest absolute Gasteiger partial charge is 0.497 e. The highest BCUT2D eigenvalue weighted by Crippen LogP contribution is 2.31. The van der Waals surface area contributed by atoms with Crippen molar-refractivity contribution >= 4 is 28.3 Å². The Labute approximate surface area is 163 Å². The Morgan fingerprint density at radius 2 is 1.93 bits per heavy atom. The number of hydrogen-bond donors (Lipinski definition) is 1. The fourth-order valence-corrected chi connectivity index (χ4v) is 3.95. The van der Waals surface area contributed by atoms with E-state index in [0.717, 1.165) is 17.4 Å². The summed E-state index contributed by atoms with van der Waals surface area (Å²) in [4.78, 5) is 29.4. The van der Waals surface area contributed by atoms with E-state index in [0.29, 0.717) is 22.9 Å². The predicted molar refractivity (Wildman–Crippen MR) is 108 cm³/mol. The number of nitrogens with zero attached hydrogens (tertiary/aromatic N) is 2. The van der Waals surface area contributed by atoms with Crippen LogP contribution in [0.25, 0.3) is 10.9 Å². The van der Waals surface area contributed by atoms with Crippen LogP contribution in [0.2, 0.25) is 0 Å². The van der Waals surface area contributed by atoms with Gasteiger partial charge in [-0.2, -0.15) is 0 Å². The van der Waals surface area contributed by atoms with E-state index < -0.39 is 11.7 Å². The third kappa shape index (κ3) is 3.63. The molecule has 0 unspecified atom stereocenters. The quantitative estimate of drug-likeness (QED) is 0.519. The molecule has 2 heterocycles. The first kappa shape index (κ1) is 18.2. The first-order chi connectivity index (χ1) is 13.7. The van der Waals surface area contributed by atoms with Gasteiger partial charge in [-0.1, -0.05) is 12.8 Å². The van der Waals surface area contributed by atoms with Crippen molar-refractivity contribution in [1.82, 2.24) is 9.55 Å². The zero-order chi connectivity index (χ0) is 19.5. The molecule has 0 saturated heterocycles. The maximum absolute atomic E-state index is 12.9. The van der Waals surface area contributed by atoms with Gasteiger partial charge in [-0.15, -0.1) is 0 Å². The number of rotatable bonds is 6. The number of ether oxygens (including phenoxy) is 1. The van der Waals surface area contributed by atoms with Gasteiger partial charge in [0, 0.05) is 41.7 Å². The average Bonchev–Trinajstić information content (AvgIpc) is 3.36. The van der Waals surface area contributed by atoms with Crippen LogP contribution in [0.5, 0.6) is 5.75 Å². The Morgan fingerprint density at radius 3 is 2.64 bits per heavy atom. The van der Waals surface area contributed by atoms with E-state index in [1.807, 2.05) is 24.4 Å². The van der Waals surface area contributed by atoms with E-state index in [2.05, 4.69) is 14.9 Å². The minimum atomic E-state index is -0.658. The molecule has 1 saturated carbocycles. The number of hydrogen-bond acceptors (Lipinski definition) is 4. The molecule has 0 bridgehead atoms. The minimum absolute atomic E-state index is 0.401. The number of methoxy groups -OCH3 is 1. The Morgan fingerprint density at radius 1 is 1.18 bits per heavy atom. The van der Waals surface area contributed by atoms with Crippen LogP contribution in [-0.4, -0.2) is 28.4 Å². The van der Waals surface area contributed by atoms with Crippen LogP contribution in [0, 0.1) is 5.92 Å². The maximum Gasteiger partial charge on any atom is 0.296 e. The fraction of sp³-hybridized carbons (Fsp3) is 0.318. The lowest BCUT2D eigenvalue weighted by Crippen LogP contribution is -2.22. The number of carbonyl (C=O) groups is 2. The van der Waals surface area contributed by atoms with Gasteiger partial charge in [-0.25, -0.2) is 0 Å². The van der Waals surface area contributed by atoms with Crippen molar-refractivity contribution in [3.05, 3.63) is 54.5 Å². The van der Waals surface area contributed by atoms with Crippen molar-refractivity contribution in [3.8, 4) is 5.75 Å². The molecular formula is C22H23N3O3. The highest BCUT2D eigenvalue weighted by molar-refractivity contribution is 6.48. The third-order valence-electron chi connectivity index (χ3n) is 5.41. The summed E-state index contributed by atoms with van der Waals surface area (Å²) in [5.41, 5.74) is 1.90. The standard InChI is InChI=1S/C22H23N3O3/c1-28-17-6-7-20-18(12-17)19(14-25(20)13-15-4-2-3-5-15)21(26)22(27)24-16-8-10-23-11-9-16/h6-12,14-15H,2-5,13H2,1H3,(H,23,24,27). The Balaban J connectivity index is 1.68. The van der Waals surface area contributed by atoms with Gasteiger partial charge in [-0.3, -0.25) is 14.6 Å². The minimum Gasteiger partial charge on any atom is -0.497 e. The SMILES string of the molecule is COc1ccc2c(c1)c(C(=O)C(=O)Nc1ccncc1)cn2CC1CCCC1. The van der Waals surface area contributed by atoms with Gasteiger partial charge >= 0.3 is 0 Å². The molecule has 6 heteroatoms. The van der Waals surface area contributed by atoms with Crippen LogP contribution in [0.3, 0.4) is 0 Å². The lowest BCUT2D eigenvalue weighted by molar-refractivity contribution is -0.112. The molecule has 1 fully saturated rings. The Bertz CT molecular complexity index is 1000. The lowest BCUT2D eigenvalue weighted by Gasteiger charge is -2.11. The number of ketones is 1. The second-order valence-electron chi connectivity index (χ2n) is 7.25. The Hall–Kier alpha value is -3.15. The summed E-state index contributed by atoms with van der Waals surface area (Å²) in [5.74, 6) is 0.0650. The molecule has 1 amide bonds. The van der Waals surface area contributed by atoms with E-state index in [-0.39, 0.29) is 0 Å². The summed E-state index contributed by atoms with van der Waals surface area (Å²) < 4.78 is 7.44. The van der Waals surface area contributed by atoms with Crippen molar-refractivity contribution in [2.75, 3.05) is 12.4 Å². The summed E-state index contributed by atoms with van der Waals surface area (Å²) >= 11 is 0. The molecule has 2 aromatic heterocycles. The fourth-order valence-electron chi connectivity index (χ4n) is 3.95. The topological polar surface area (TPSA) is 73.2 Å². The highest BCUT2D eigenvalue weighted by Gasteiger charge is 2.24. The van der Waals surface area contributed by atoms with Crippen LogP contribution >= 0.6 is 0 Å². The Kier molecular flexibility index (Phi) is 5.10. The number of benzene rings is 1. The van der Waals surface area contributed by atoms with Crippen LogP contribution in [0.4, 0.5) is 5.69 Å². The second kappa shape index (κ2) is 7.84. The number of carbonyl (C=O) groups excluding carboxylic acids is 2. The molecule has 28 heavy (non-hydrogen) atoms. The van der Waals surface area contributed by atoms with Crippen molar-refractivity contribution in [3.63, 3.8) is 0 Å². The van der Waals surface area contributed by atoms with Gasteiger partial charge in [0.2, 0.25) is 0 Å². The summed E-state index contributed by atoms with van der Waals surface area (Å²) in [6, 6.07) is 8.97. The summed E-state index contributed by atoms with van der Waals surface area (Å²) in [6.45, 7) is 0.863. The molecule has 1 N–H and O–H groups in total. The molecule has 4 rings (SSSR count). The van der Waals surface area contributed by atoms with Crippen LogP contribution < -0.4 is 10.1 Å². The maximum atomic E-state index is 12.9. The van der Waals surface area contributed by atoms with E-state index in [1.165, 1.54) is 25.7 Å². The molecule has 0 aliphatic heterocycles. The molecule has 0 spiro atoms. The molecule has 0 atom stereocenters. The highest BCUT2D eigenvalue weighted by atomic mass is 16.5. The van der Waals surface area contributed by atoms with E-state index >= 15 is 0 Å². The number of aromatic nitrogens is 2. The summed E-state index contributed by atoms with van der Waals surface area (Å²) in [6.07, 6.45) is 9.90. The molecule has 1 aliphatic rings. The molecule has 1 aromatic carbocycles. The molecular weight excluding hydrogens is 354 g/mol. The molecule has 1 aliphatic carbocycles. The number of pyridine rings is 1. The first-order valence-corrected chi connectivity index (χ1v) is 9.58.